The fraction of sp³-hybridized carbons (Fsp3) is 0.250. The first kappa shape index (κ1) is 12.8. The van der Waals surface area contributed by atoms with Crippen LogP contribution in [0.1, 0.15) is 30.9 Å². The standard InChI is InChI=1S/C16H18FN/c1-16(2,18)15(12-7-4-3-5-8-12)13-9-6-10-14(17)11-13/h3-11,15H,18H2,1-2H3. The third-order valence-corrected chi connectivity index (χ3v) is 3.06. The van der Waals surface area contributed by atoms with Gasteiger partial charge in [-0.3, -0.25) is 0 Å². The van der Waals surface area contributed by atoms with Crippen LogP contribution in [0.15, 0.2) is 54.6 Å². The van der Waals surface area contributed by atoms with Gasteiger partial charge in [0, 0.05) is 11.5 Å². The third-order valence-electron chi connectivity index (χ3n) is 3.06. The number of rotatable bonds is 3. The first-order valence-corrected chi connectivity index (χ1v) is 6.08. The average molecular weight is 243 g/mol. The molecule has 1 nitrogen and oxygen atoms in total. The Balaban J connectivity index is 2.51. The molecule has 0 amide bonds. The molecular weight excluding hydrogens is 225 g/mol. The van der Waals surface area contributed by atoms with E-state index in [-0.39, 0.29) is 11.7 Å². The Kier molecular flexibility index (Phi) is 3.48. The van der Waals surface area contributed by atoms with Crippen LogP contribution in [0.3, 0.4) is 0 Å². The summed E-state index contributed by atoms with van der Waals surface area (Å²) in [6.07, 6.45) is 0. The van der Waals surface area contributed by atoms with E-state index >= 15 is 0 Å². The summed E-state index contributed by atoms with van der Waals surface area (Å²) in [5.74, 6) is -0.243. The maximum Gasteiger partial charge on any atom is 0.123 e. The molecule has 1 atom stereocenters. The zero-order chi connectivity index (χ0) is 13.2. The van der Waals surface area contributed by atoms with Gasteiger partial charge in [0.15, 0.2) is 0 Å². The maximum absolute atomic E-state index is 13.4. The fourth-order valence-corrected chi connectivity index (χ4v) is 2.38. The molecule has 0 bridgehead atoms. The highest BCUT2D eigenvalue weighted by atomic mass is 19.1. The summed E-state index contributed by atoms with van der Waals surface area (Å²) < 4.78 is 13.4. The van der Waals surface area contributed by atoms with Crippen molar-refractivity contribution in [3.05, 3.63) is 71.5 Å². The van der Waals surface area contributed by atoms with E-state index in [0.717, 1.165) is 11.1 Å². The molecule has 2 N–H and O–H groups in total. The summed E-state index contributed by atoms with van der Waals surface area (Å²) in [5.41, 5.74) is 7.84. The lowest BCUT2D eigenvalue weighted by Crippen LogP contribution is -2.39. The average Bonchev–Trinajstić information content (AvgIpc) is 2.28. The summed E-state index contributed by atoms with van der Waals surface area (Å²) in [4.78, 5) is 0. The molecule has 0 aliphatic carbocycles. The van der Waals surface area contributed by atoms with E-state index in [1.165, 1.54) is 6.07 Å². The Hall–Kier alpha value is -1.67. The minimum atomic E-state index is -0.449. The van der Waals surface area contributed by atoms with Crippen LogP contribution in [0.5, 0.6) is 0 Å². The Bertz CT molecular complexity index is 514. The zero-order valence-corrected chi connectivity index (χ0v) is 10.7. The summed E-state index contributed by atoms with van der Waals surface area (Å²) in [7, 11) is 0. The van der Waals surface area contributed by atoms with Crippen LogP contribution in [0, 0.1) is 5.82 Å². The molecular formula is C16H18FN. The molecule has 0 radical (unpaired) electrons. The quantitative estimate of drug-likeness (QED) is 0.874. The number of halogens is 1. The van der Waals surface area contributed by atoms with Gasteiger partial charge in [0.1, 0.15) is 5.82 Å². The molecule has 18 heavy (non-hydrogen) atoms. The predicted molar refractivity (Wildman–Crippen MR) is 73.0 cm³/mol. The molecule has 0 saturated heterocycles. The Morgan fingerprint density at radius 2 is 1.56 bits per heavy atom. The van der Waals surface area contributed by atoms with Gasteiger partial charge < -0.3 is 5.73 Å². The van der Waals surface area contributed by atoms with Crippen LogP contribution >= 0.6 is 0 Å². The minimum Gasteiger partial charge on any atom is -0.325 e. The molecule has 0 spiro atoms. The monoisotopic (exact) mass is 243 g/mol. The van der Waals surface area contributed by atoms with Crippen molar-refractivity contribution in [2.45, 2.75) is 25.3 Å². The van der Waals surface area contributed by atoms with E-state index in [9.17, 15) is 4.39 Å². The largest absolute Gasteiger partial charge is 0.325 e. The highest BCUT2D eigenvalue weighted by molar-refractivity contribution is 5.36. The molecule has 0 aromatic heterocycles. The molecule has 0 saturated carbocycles. The molecule has 2 aromatic carbocycles. The number of benzene rings is 2. The van der Waals surface area contributed by atoms with Gasteiger partial charge in [-0.15, -0.1) is 0 Å². The molecule has 2 rings (SSSR count). The Labute approximate surface area is 107 Å². The van der Waals surface area contributed by atoms with Crippen molar-refractivity contribution >= 4 is 0 Å². The lowest BCUT2D eigenvalue weighted by atomic mass is 9.78. The summed E-state index contributed by atoms with van der Waals surface area (Å²) >= 11 is 0. The van der Waals surface area contributed by atoms with Crippen molar-refractivity contribution in [3.8, 4) is 0 Å². The molecule has 2 heteroatoms. The Morgan fingerprint density at radius 1 is 0.944 bits per heavy atom. The first-order valence-electron chi connectivity index (χ1n) is 6.08. The smallest absolute Gasteiger partial charge is 0.123 e. The highest BCUT2D eigenvalue weighted by Crippen LogP contribution is 2.33. The lowest BCUT2D eigenvalue weighted by Gasteiger charge is -2.31. The van der Waals surface area contributed by atoms with Crippen molar-refractivity contribution in [2.24, 2.45) is 5.73 Å². The molecule has 1 unspecified atom stereocenters. The van der Waals surface area contributed by atoms with Crippen molar-refractivity contribution in [1.82, 2.24) is 0 Å². The van der Waals surface area contributed by atoms with E-state index in [4.69, 9.17) is 5.73 Å². The lowest BCUT2D eigenvalue weighted by molar-refractivity contribution is 0.455. The molecule has 0 aliphatic rings. The SMILES string of the molecule is CC(C)(N)C(c1ccccc1)c1cccc(F)c1. The van der Waals surface area contributed by atoms with E-state index in [1.807, 2.05) is 50.2 Å². The van der Waals surface area contributed by atoms with Crippen molar-refractivity contribution in [2.75, 3.05) is 0 Å². The molecule has 0 heterocycles. The van der Waals surface area contributed by atoms with Crippen LogP contribution in [0.4, 0.5) is 4.39 Å². The van der Waals surface area contributed by atoms with Gasteiger partial charge in [0.2, 0.25) is 0 Å². The van der Waals surface area contributed by atoms with Gasteiger partial charge in [0.05, 0.1) is 0 Å². The molecule has 2 aromatic rings. The predicted octanol–water partition coefficient (Wildman–Crippen LogP) is 3.69. The van der Waals surface area contributed by atoms with E-state index in [2.05, 4.69) is 0 Å². The minimum absolute atomic E-state index is 0.0191. The van der Waals surface area contributed by atoms with Crippen LogP contribution in [-0.2, 0) is 0 Å². The third kappa shape index (κ3) is 2.77. The summed E-state index contributed by atoms with van der Waals surface area (Å²) in [6, 6.07) is 16.7. The number of hydrogen-bond donors (Lipinski definition) is 1. The molecule has 0 aliphatic heterocycles. The highest BCUT2D eigenvalue weighted by Gasteiger charge is 2.28. The van der Waals surface area contributed by atoms with Crippen LogP contribution < -0.4 is 5.73 Å². The summed E-state index contributed by atoms with van der Waals surface area (Å²) in [6.45, 7) is 3.94. The second-order valence-corrected chi connectivity index (χ2v) is 5.22. The van der Waals surface area contributed by atoms with Gasteiger partial charge in [-0.1, -0.05) is 42.5 Å². The fourth-order valence-electron chi connectivity index (χ4n) is 2.38. The van der Waals surface area contributed by atoms with Crippen molar-refractivity contribution in [1.29, 1.82) is 0 Å². The van der Waals surface area contributed by atoms with E-state index in [1.54, 1.807) is 12.1 Å². The number of hydrogen-bond acceptors (Lipinski definition) is 1. The second kappa shape index (κ2) is 4.91. The molecule has 0 fully saturated rings. The zero-order valence-electron chi connectivity index (χ0n) is 10.7. The first-order chi connectivity index (χ1) is 8.48. The normalized spacial score (nSPS) is 13.3. The van der Waals surface area contributed by atoms with Crippen LogP contribution in [0.2, 0.25) is 0 Å². The van der Waals surface area contributed by atoms with E-state index < -0.39 is 5.54 Å². The number of nitrogens with two attached hydrogens (primary N) is 1. The second-order valence-electron chi connectivity index (χ2n) is 5.22. The van der Waals surface area contributed by atoms with Gasteiger partial charge in [-0.2, -0.15) is 0 Å². The van der Waals surface area contributed by atoms with Gasteiger partial charge >= 0.3 is 0 Å². The maximum atomic E-state index is 13.4. The van der Waals surface area contributed by atoms with E-state index in [0.29, 0.717) is 0 Å². The van der Waals surface area contributed by atoms with Crippen LogP contribution in [0.25, 0.3) is 0 Å². The summed E-state index contributed by atoms with van der Waals surface area (Å²) in [5, 5.41) is 0. The molecule has 94 valence electrons. The topological polar surface area (TPSA) is 26.0 Å². The van der Waals surface area contributed by atoms with Gasteiger partial charge in [-0.05, 0) is 37.1 Å². The van der Waals surface area contributed by atoms with Crippen molar-refractivity contribution in [3.63, 3.8) is 0 Å². The van der Waals surface area contributed by atoms with Crippen molar-refractivity contribution < 1.29 is 4.39 Å². The van der Waals surface area contributed by atoms with Gasteiger partial charge in [0.25, 0.3) is 0 Å². The van der Waals surface area contributed by atoms with Gasteiger partial charge in [-0.25, -0.2) is 4.39 Å². The Morgan fingerprint density at radius 3 is 2.11 bits per heavy atom. The van der Waals surface area contributed by atoms with Crippen LogP contribution in [-0.4, -0.2) is 5.54 Å².